The lowest BCUT2D eigenvalue weighted by Gasteiger charge is -2.34. The van der Waals surface area contributed by atoms with Crippen molar-refractivity contribution < 1.29 is 17.9 Å². The molecule has 41 heavy (non-hydrogen) atoms. The number of aliphatic imine (C=N–C) groups is 1. The number of amidine groups is 1. The van der Waals surface area contributed by atoms with Crippen LogP contribution >= 0.6 is 11.8 Å². The molecule has 0 saturated carbocycles. The second kappa shape index (κ2) is 11.9. The molecule has 0 bridgehead atoms. The van der Waals surface area contributed by atoms with Gasteiger partial charge in [-0.1, -0.05) is 54.2 Å². The van der Waals surface area contributed by atoms with Crippen molar-refractivity contribution in [2.24, 2.45) is 10.9 Å². The molecule has 6 rings (SSSR count). The van der Waals surface area contributed by atoms with Gasteiger partial charge in [-0.2, -0.15) is 4.99 Å². The fourth-order valence-corrected chi connectivity index (χ4v) is 10.0. The van der Waals surface area contributed by atoms with Gasteiger partial charge >= 0.3 is 0 Å². The number of fused-ring (bicyclic) bond motifs is 1. The summed E-state index contributed by atoms with van der Waals surface area (Å²) in [6.45, 7) is 2.04. The standard InChI is InChI=1S/C32H35N3O4S2/c1-39-28-13-7-24(8-14-28)20-31(36)33-32-35(29-21-41(37,38)22-30(29)40-32)27-11-9-26(10-12-27)34-17-15-25(16-18-34)19-23-5-3-2-4-6-23/h2-14,25,29-30H,15-22H2,1H3/t29-,30+/m0/s1. The number of piperidine rings is 1. The third-order valence-electron chi connectivity index (χ3n) is 8.28. The molecule has 3 aliphatic rings. The fourth-order valence-electron chi connectivity index (χ4n) is 6.10. The molecule has 3 aromatic rings. The number of carbonyl (C=O) groups excluding carboxylic acids is 1. The number of hydrogen-bond acceptors (Lipinski definition) is 6. The normalized spacial score (nSPS) is 23.1. The number of amides is 1. The Morgan fingerprint density at radius 2 is 1.59 bits per heavy atom. The van der Waals surface area contributed by atoms with Gasteiger partial charge in [0.2, 0.25) is 0 Å². The number of methoxy groups -OCH3 is 1. The number of benzene rings is 3. The Morgan fingerprint density at radius 3 is 2.27 bits per heavy atom. The Hall–Kier alpha value is -3.30. The first-order valence-electron chi connectivity index (χ1n) is 14.2. The van der Waals surface area contributed by atoms with Gasteiger partial charge in [0.1, 0.15) is 5.75 Å². The summed E-state index contributed by atoms with van der Waals surface area (Å²) in [5.41, 5.74) is 4.31. The average Bonchev–Trinajstić information content (AvgIpc) is 3.45. The summed E-state index contributed by atoms with van der Waals surface area (Å²) in [4.78, 5) is 21.9. The Kier molecular flexibility index (Phi) is 8.08. The molecule has 9 heteroatoms. The third-order valence-corrected chi connectivity index (χ3v) is 11.5. The fraction of sp³-hybridized carbons (Fsp3) is 0.375. The Balaban J connectivity index is 1.15. The van der Waals surface area contributed by atoms with Gasteiger partial charge in [0, 0.05) is 29.7 Å². The third kappa shape index (κ3) is 6.46. The largest absolute Gasteiger partial charge is 0.497 e. The Morgan fingerprint density at radius 1 is 0.902 bits per heavy atom. The van der Waals surface area contributed by atoms with E-state index in [0.717, 1.165) is 49.4 Å². The van der Waals surface area contributed by atoms with Crippen LogP contribution in [0, 0.1) is 5.92 Å². The molecule has 1 amide bonds. The molecule has 3 aromatic carbocycles. The zero-order chi connectivity index (χ0) is 28.4. The van der Waals surface area contributed by atoms with Crippen LogP contribution in [0.1, 0.15) is 24.0 Å². The highest BCUT2D eigenvalue weighted by Gasteiger charge is 2.49. The van der Waals surface area contributed by atoms with Gasteiger partial charge in [-0.15, -0.1) is 0 Å². The van der Waals surface area contributed by atoms with Gasteiger partial charge < -0.3 is 14.5 Å². The number of thioether (sulfide) groups is 1. The van der Waals surface area contributed by atoms with Crippen molar-refractivity contribution in [3.05, 3.63) is 90.0 Å². The first-order valence-corrected chi connectivity index (χ1v) is 16.9. The van der Waals surface area contributed by atoms with E-state index in [9.17, 15) is 13.2 Å². The quantitative estimate of drug-likeness (QED) is 0.384. The van der Waals surface area contributed by atoms with E-state index in [1.54, 1.807) is 7.11 Å². The van der Waals surface area contributed by atoms with Crippen LogP contribution in [0.15, 0.2) is 83.9 Å². The van der Waals surface area contributed by atoms with Crippen molar-refractivity contribution in [2.45, 2.75) is 37.0 Å². The van der Waals surface area contributed by atoms with Crippen LogP contribution in [0.3, 0.4) is 0 Å². The van der Waals surface area contributed by atoms with Gasteiger partial charge in [-0.05, 0) is 72.7 Å². The number of anilines is 2. The number of carbonyl (C=O) groups is 1. The molecule has 0 spiro atoms. The maximum Gasteiger partial charge on any atom is 0.252 e. The smallest absolute Gasteiger partial charge is 0.252 e. The van der Waals surface area contributed by atoms with Crippen LogP contribution in [-0.2, 0) is 27.5 Å². The van der Waals surface area contributed by atoms with E-state index in [1.165, 1.54) is 23.0 Å². The van der Waals surface area contributed by atoms with Crippen molar-refractivity contribution >= 4 is 44.0 Å². The average molecular weight is 590 g/mol. The summed E-state index contributed by atoms with van der Waals surface area (Å²) in [6.07, 6.45) is 3.63. The Labute approximate surface area is 246 Å². The van der Waals surface area contributed by atoms with Crippen LogP contribution in [0.25, 0.3) is 0 Å². The second-order valence-electron chi connectivity index (χ2n) is 11.1. The SMILES string of the molecule is COc1ccc(CC(=O)N=C2S[C@@H]3CS(=O)(=O)C[C@@H]3N2c2ccc(N3CCC(Cc4ccccc4)CC3)cc2)cc1. The summed E-state index contributed by atoms with van der Waals surface area (Å²) in [7, 11) is -1.52. The number of nitrogens with zero attached hydrogens (tertiary/aromatic N) is 3. The molecule has 2 atom stereocenters. The van der Waals surface area contributed by atoms with Crippen LogP contribution in [0.4, 0.5) is 11.4 Å². The van der Waals surface area contributed by atoms with E-state index in [0.29, 0.717) is 11.1 Å². The van der Waals surface area contributed by atoms with Crippen LogP contribution in [-0.4, -0.2) is 62.5 Å². The maximum atomic E-state index is 13.0. The van der Waals surface area contributed by atoms with E-state index < -0.39 is 9.84 Å². The van der Waals surface area contributed by atoms with Crippen molar-refractivity contribution in [1.82, 2.24) is 0 Å². The van der Waals surface area contributed by atoms with E-state index in [1.807, 2.05) is 41.3 Å². The molecular formula is C32H35N3O4S2. The first kappa shape index (κ1) is 27.8. The highest BCUT2D eigenvalue weighted by molar-refractivity contribution is 8.16. The molecule has 0 radical (unpaired) electrons. The minimum atomic E-state index is -3.13. The van der Waals surface area contributed by atoms with Gasteiger partial charge in [-0.3, -0.25) is 4.79 Å². The summed E-state index contributed by atoms with van der Waals surface area (Å²) < 4.78 is 30.2. The molecule has 7 nitrogen and oxygen atoms in total. The lowest BCUT2D eigenvalue weighted by Crippen LogP contribution is -2.38. The molecule has 3 saturated heterocycles. The molecule has 3 fully saturated rings. The summed E-state index contributed by atoms with van der Waals surface area (Å²) in [5.74, 6) is 1.37. The molecule has 0 aromatic heterocycles. The molecule has 3 heterocycles. The van der Waals surface area contributed by atoms with Gasteiger partial charge in [0.15, 0.2) is 15.0 Å². The number of sulfone groups is 1. The topological polar surface area (TPSA) is 79.3 Å². The molecular weight excluding hydrogens is 555 g/mol. The zero-order valence-electron chi connectivity index (χ0n) is 23.2. The van der Waals surface area contributed by atoms with Crippen molar-refractivity contribution in [2.75, 3.05) is 41.5 Å². The highest BCUT2D eigenvalue weighted by atomic mass is 32.2. The van der Waals surface area contributed by atoms with Crippen molar-refractivity contribution in [3.63, 3.8) is 0 Å². The first-order chi connectivity index (χ1) is 19.9. The van der Waals surface area contributed by atoms with E-state index in [4.69, 9.17) is 4.74 Å². The van der Waals surface area contributed by atoms with E-state index >= 15 is 0 Å². The van der Waals surface area contributed by atoms with Gasteiger partial charge in [0.25, 0.3) is 5.91 Å². The minimum absolute atomic E-state index is 0.0764. The molecule has 0 aliphatic carbocycles. The summed E-state index contributed by atoms with van der Waals surface area (Å²) in [5, 5.41) is 0.457. The predicted octanol–water partition coefficient (Wildman–Crippen LogP) is 5.00. The van der Waals surface area contributed by atoms with Crippen molar-refractivity contribution in [1.29, 1.82) is 0 Å². The van der Waals surface area contributed by atoms with Gasteiger partial charge in [0.05, 0.1) is 31.1 Å². The summed E-state index contributed by atoms with van der Waals surface area (Å²) in [6, 6.07) is 26.2. The van der Waals surface area contributed by atoms with Crippen LogP contribution < -0.4 is 14.5 Å². The molecule has 3 aliphatic heterocycles. The molecule has 0 unspecified atom stereocenters. The number of rotatable bonds is 7. The lowest BCUT2D eigenvalue weighted by molar-refractivity contribution is -0.117. The summed E-state index contributed by atoms with van der Waals surface area (Å²) >= 11 is 1.41. The lowest BCUT2D eigenvalue weighted by atomic mass is 9.90. The maximum absolute atomic E-state index is 13.0. The van der Waals surface area contributed by atoms with E-state index in [-0.39, 0.29) is 35.1 Å². The monoisotopic (exact) mass is 589 g/mol. The zero-order valence-corrected chi connectivity index (χ0v) is 24.8. The highest BCUT2D eigenvalue weighted by Crippen LogP contribution is 2.41. The molecule has 214 valence electrons. The van der Waals surface area contributed by atoms with Crippen LogP contribution in [0.5, 0.6) is 5.75 Å². The van der Waals surface area contributed by atoms with Crippen LogP contribution in [0.2, 0.25) is 0 Å². The van der Waals surface area contributed by atoms with Crippen molar-refractivity contribution in [3.8, 4) is 5.75 Å². The predicted molar refractivity (Wildman–Crippen MR) is 167 cm³/mol. The number of ether oxygens (including phenoxy) is 1. The van der Waals surface area contributed by atoms with Gasteiger partial charge in [-0.25, -0.2) is 8.42 Å². The molecule has 0 N–H and O–H groups in total. The number of hydrogen-bond donors (Lipinski definition) is 0. The Bertz CT molecular complexity index is 1500. The van der Waals surface area contributed by atoms with E-state index in [2.05, 4.69) is 52.4 Å². The minimum Gasteiger partial charge on any atom is -0.497 e. The second-order valence-corrected chi connectivity index (χ2v) is 14.5.